The third-order valence-electron chi connectivity index (χ3n) is 15.2. The van der Waals surface area contributed by atoms with E-state index in [4.69, 9.17) is 10.5 Å². The minimum Gasteiger partial charge on any atom is -0.508 e. The molecule has 0 unspecified atom stereocenters. The molecule has 2 aromatic carbocycles. The van der Waals surface area contributed by atoms with E-state index in [2.05, 4.69) is 63.8 Å². The fourth-order valence-electron chi connectivity index (χ4n) is 9.52. The number of hydrogen-bond acceptors (Lipinski definition) is 23. The molecule has 0 saturated carbocycles. The molecule has 2 saturated heterocycles. The van der Waals surface area contributed by atoms with E-state index in [0.717, 1.165) is 33.4 Å². The summed E-state index contributed by atoms with van der Waals surface area (Å²) in [6, 6.07) is -7.61. The lowest BCUT2D eigenvalue weighted by molar-refractivity contribution is -0.144. The van der Waals surface area contributed by atoms with Crippen LogP contribution in [0.15, 0.2) is 48.5 Å². The monoisotopic (exact) mass is 1410 g/mol. The molecule has 0 aliphatic carbocycles. The van der Waals surface area contributed by atoms with Crippen molar-refractivity contribution in [1.29, 1.82) is 0 Å². The van der Waals surface area contributed by atoms with Gasteiger partial charge >= 0.3 is 11.9 Å². The Morgan fingerprint density at radius 3 is 1.80 bits per heavy atom. The van der Waals surface area contributed by atoms with Crippen LogP contribution in [-0.2, 0) is 94.3 Å². The number of carboxylic acid groups (broad SMARTS) is 1. The number of likely N-dealkylation sites (tertiary alicyclic amines) is 1. The van der Waals surface area contributed by atoms with Crippen molar-refractivity contribution in [2.45, 2.75) is 178 Å². The number of nitrogens with zero attached hydrogens (tertiary/aromatic N) is 1. The average molecular weight is 1420 g/mol. The average Bonchev–Trinajstić information content (AvgIpc) is 1.61. The molecule has 0 aromatic heterocycles. The molecule has 0 radical (unpaired) electrons. The van der Waals surface area contributed by atoms with E-state index in [0.29, 0.717) is 17.4 Å². The van der Waals surface area contributed by atoms with Crippen LogP contribution in [0.4, 0.5) is 0 Å². The van der Waals surface area contributed by atoms with Crippen molar-refractivity contribution in [3.8, 4) is 11.5 Å². The first-order valence-electron chi connectivity index (χ1n) is 31.2. The molecule has 98 heavy (non-hydrogen) atoms. The van der Waals surface area contributed by atoms with E-state index >= 15 is 0 Å². The number of carboxylic acids is 1. The summed E-state index contributed by atoms with van der Waals surface area (Å²) in [4.78, 5) is 214. The first kappa shape index (κ1) is 80.8. The number of aldehydes is 1. The first-order chi connectivity index (χ1) is 46.2. The Bertz CT molecular complexity index is 3220. The van der Waals surface area contributed by atoms with Crippen LogP contribution in [-0.4, -0.2) is 236 Å². The molecular formula is C61H86N14O21S2. The molecule has 0 spiro atoms. The van der Waals surface area contributed by atoms with Gasteiger partial charge in [-0.2, -0.15) is 0 Å². The SMILES string of the molecule is CCOC(=O)CC[C@@H]1NC(=O)[C@H](C)NC(=O)[C@@H](N)CSSC[C@@H](C(=O)N[C@@H](CC=O)C(=O)N2CCC[C@H]2C(=O)N[C@@H](C)C(=O)N[C@@H](C)C(=O)N[C@H](C(=O)NCC(=O)N[C@H](C)C(=O)N[C@@H](Cc2ccc(O)cc2)C(=O)O)[C@H](C)O)NC(=O)[C@@H](C)NC(=O)[C@H](Cc2ccc(O)cc2)NC1=O. The number of amides is 13. The lowest BCUT2D eigenvalue weighted by atomic mass is 10.0. The van der Waals surface area contributed by atoms with Gasteiger partial charge in [0.1, 0.15) is 90.3 Å². The highest BCUT2D eigenvalue weighted by molar-refractivity contribution is 8.76. The number of carbonyl (C=O) groups is 16. The third kappa shape index (κ3) is 26.1. The fraction of sp³-hybridized carbons (Fsp3) is 0.541. The highest BCUT2D eigenvalue weighted by Gasteiger charge is 2.41. The maximum absolute atomic E-state index is 14.3. The second-order valence-corrected chi connectivity index (χ2v) is 25.7. The lowest BCUT2D eigenvalue weighted by Crippen LogP contribution is -2.60. The summed E-state index contributed by atoms with van der Waals surface area (Å²) < 4.78 is 4.99. The van der Waals surface area contributed by atoms with Gasteiger partial charge in [0.2, 0.25) is 76.8 Å². The van der Waals surface area contributed by atoms with Crippen molar-refractivity contribution in [3.63, 3.8) is 0 Å². The second kappa shape index (κ2) is 39.6. The van der Waals surface area contributed by atoms with Crippen molar-refractivity contribution in [2.75, 3.05) is 31.2 Å². The van der Waals surface area contributed by atoms with Crippen LogP contribution in [0.3, 0.4) is 0 Å². The maximum atomic E-state index is 14.3. The van der Waals surface area contributed by atoms with Gasteiger partial charge < -0.3 is 104 Å². The first-order valence-corrected chi connectivity index (χ1v) is 33.7. The van der Waals surface area contributed by atoms with Crippen LogP contribution in [0.25, 0.3) is 0 Å². The number of aromatic hydroxyl groups is 2. The van der Waals surface area contributed by atoms with Gasteiger partial charge in [-0.05, 0) is 103 Å². The zero-order valence-electron chi connectivity index (χ0n) is 54.8. The minimum absolute atomic E-state index is 0.0149. The van der Waals surface area contributed by atoms with Crippen molar-refractivity contribution >= 4 is 117 Å². The summed E-state index contributed by atoms with van der Waals surface area (Å²) in [5.41, 5.74) is 7.06. The molecule has 2 aromatic rings. The molecule has 13 amide bonds. The minimum atomic E-state index is -1.71. The molecule has 18 N–H and O–H groups in total. The number of hydrogen-bond donors (Lipinski definition) is 17. The summed E-state index contributed by atoms with van der Waals surface area (Å²) in [5, 5.41) is 68.4. The number of aliphatic hydroxyl groups excluding tert-OH is 1. The Labute approximate surface area is 571 Å². The molecule has 4 rings (SSSR count). The normalized spacial score (nSPS) is 21.8. The van der Waals surface area contributed by atoms with E-state index in [1.54, 1.807) is 6.92 Å². The number of nitrogens with two attached hydrogens (primary N) is 1. The van der Waals surface area contributed by atoms with Crippen LogP contribution in [0.5, 0.6) is 11.5 Å². The van der Waals surface area contributed by atoms with E-state index in [9.17, 15) is 97.1 Å². The highest BCUT2D eigenvalue weighted by atomic mass is 33.1. The van der Waals surface area contributed by atoms with Crippen LogP contribution >= 0.6 is 21.6 Å². The van der Waals surface area contributed by atoms with E-state index in [1.165, 1.54) is 83.1 Å². The number of carbonyl (C=O) groups excluding carboxylic acids is 15. The van der Waals surface area contributed by atoms with Gasteiger partial charge in [-0.3, -0.25) is 67.1 Å². The standard InChI is InChI=1S/C61H86N14O21S2/c1-8-96-47(81)20-19-40-55(88)71-42(24-35-11-15-37(78)16-12-35)56(89)67-32(5)52(85)73-44(28-98-97-27-39(62)54(87)66-31(4)51(84)69-40)57(90)70-41(21-23-76)60(93)75-22-9-10-45(75)58(91)68-30(3)49(82)65-33(6)53(86)74-48(34(7)77)59(92)63-26-46(80)64-29(2)50(83)72-43(61(94)95)25-36-13-17-38(79)18-14-36/h11-18,23,29-34,39-45,48,77-79H,8-10,19-22,24-28,62H2,1-7H3,(H,63,92)(H,64,80)(H,65,82)(H,66,87)(H,67,89)(H,68,91)(H,69,84)(H,70,90)(H,71,88)(H,72,83)(H,73,85)(H,74,86)(H,94,95)/t29-,30+,31+,32-,33+,34+,39+,40+,41+,42+,43+,44+,45+,48+/m1/s1. The topological polar surface area (TPSA) is 537 Å². The van der Waals surface area contributed by atoms with Crippen LogP contribution in [0.1, 0.15) is 91.7 Å². The Hall–Kier alpha value is -9.62. The van der Waals surface area contributed by atoms with Gasteiger partial charge in [0.05, 0.1) is 25.3 Å². The number of aliphatic hydroxyl groups is 1. The fourth-order valence-corrected chi connectivity index (χ4v) is 11.8. The van der Waals surface area contributed by atoms with Crippen LogP contribution in [0.2, 0.25) is 0 Å². The van der Waals surface area contributed by atoms with Crippen molar-refractivity contribution in [3.05, 3.63) is 59.7 Å². The van der Waals surface area contributed by atoms with Crippen molar-refractivity contribution < 1.29 is 102 Å². The summed E-state index contributed by atoms with van der Waals surface area (Å²) in [7, 11) is 1.91. The molecule has 2 aliphatic rings. The molecule has 35 nitrogen and oxygen atoms in total. The molecule has 37 heteroatoms. The molecular weight excluding hydrogens is 1330 g/mol. The number of ether oxygens (including phenoxy) is 1. The van der Waals surface area contributed by atoms with Gasteiger partial charge in [0, 0.05) is 43.7 Å². The van der Waals surface area contributed by atoms with E-state index < -0.39 is 186 Å². The van der Waals surface area contributed by atoms with E-state index in [-0.39, 0.29) is 74.7 Å². The van der Waals surface area contributed by atoms with E-state index in [1.807, 2.05) is 0 Å². The van der Waals surface area contributed by atoms with Gasteiger partial charge in [0.15, 0.2) is 0 Å². The van der Waals surface area contributed by atoms with Gasteiger partial charge in [0.25, 0.3) is 0 Å². The number of nitrogens with one attached hydrogen (secondary N) is 12. The van der Waals surface area contributed by atoms with Crippen LogP contribution < -0.4 is 69.5 Å². The van der Waals surface area contributed by atoms with Crippen molar-refractivity contribution in [1.82, 2.24) is 68.7 Å². The maximum Gasteiger partial charge on any atom is 0.326 e. The molecule has 14 atom stereocenters. The van der Waals surface area contributed by atoms with Crippen LogP contribution in [0, 0.1) is 0 Å². The Balaban J connectivity index is 1.41. The summed E-state index contributed by atoms with van der Waals surface area (Å²) in [6.45, 7) is 8.15. The Morgan fingerprint density at radius 2 is 1.19 bits per heavy atom. The Morgan fingerprint density at radius 1 is 0.653 bits per heavy atom. The Kier molecular flexibility index (Phi) is 32.6. The quantitative estimate of drug-likeness (QED) is 0.0225. The van der Waals surface area contributed by atoms with Gasteiger partial charge in [-0.25, -0.2) is 4.79 Å². The molecule has 538 valence electrons. The van der Waals surface area contributed by atoms with Gasteiger partial charge in [-0.15, -0.1) is 0 Å². The van der Waals surface area contributed by atoms with Gasteiger partial charge in [-0.1, -0.05) is 45.9 Å². The number of aliphatic carboxylic acids is 1. The lowest BCUT2D eigenvalue weighted by Gasteiger charge is -2.30. The highest BCUT2D eigenvalue weighted by Crippen LogP contribution is 2.24. The zero-order chi connectivity index (χ0) is 73.1. The molecule has 2 heterocycles. The number of phenols is 2. The number of rotatable bonds is 27. The molecule has 2 aliphatic heterocycles. The number of benzene rings is 2. The molecule has 2 fully saturated rings. The summed E-state index contributed by atoms with van der Waals surface area (Å²) >= 11 is 0. The predicted octanol–water partition coefficient (Wildman–Crippen LogP) is -5.46. The predicted molar refractivity (Wildman–Crippen MR) is 350 cm³/mol. The second-order valence-electron chi connectivity index (χ2n) is 23.2. The summed E-state index contributed by atoms with van der Waals surface area (Å²) in [6.07, 6.45) is -2.70. The zero-order valence-corrected chi connectivity index (χ0v) is 56.5. The number of esters is 1. The number of phenolic OH excluding ortho intramolecular Hbond substituents is 2. The third-order valence-corrected chi connectivity index (χ3v) is 17.6. The summed E-state index contributed by atoms with van der Waals surface area (Å²) in [5.74, 6) is -14.9. The molecule has 0 bridgehead atoms. The smallest absolute Gasteiger partial charge is 0.326 e. The van der Waals surface area contributed by atoms with Crippen molar-refractivity contribution in [2.24, 2.45) is 5.73 Å². The largest absolute Gasteiger partial charge is 0.508 e.